The summed E-state index contributed by atoms with van der Waals surface area (Å²) < 4.78 is 29.5. The van der Waals surface area contributed by atoms with Gasteiger partial charge >= 0.3 is 0 Å². The van der Waals surface area contributed by atoms with E-state index in [0.717, 1.165) is 29.7 Å². The van der Waals surface area contributed by atoms with Crippen molar-refractivity contribution in [3.63, 3.8) is 0 Å². The first-order chi connectivity index (χ1) is 17.7. The number of hydrogen-bond acceptors (Lipinski definition) is 8. The molecule has 4 rings (SSSR count). The molecule has 2 aromatic carbocycles. The zero-order valence-corrected chi connectivity index (χ0v) is 21.3. The van der Waals surface area contributed by atoms with Gasteiger partial charge in [0.05, 0.1) is 22.6 Å². The molecule has 1 fully saturated rings. The van der Waals surface area contributed by atoms with E-state index >= 15 is 0 Å². The summed E-state index contributed by atoms with van der Waals surface area (Å²) in [7, 11) is -3.75. The summed E-state index contributed by atoms with van der Waals surface area (Å²) >= 11 is 0. The standard InChI is InChI=1S/C26H29N3O7S/c1-17-6-9-19(10-7-17)37(34,35)36-15-5-3-2-4-14-27-18-8-11-20-21(16-18)26(33)29(25(20)32)22-12-13-23(30)28-24(22)31/h6-11,16,22,27H,2-5,12-15H2,1H3,(H,28,30,31). The molecule has 0 spiro atoms. The number of aryl methyl sites for hydroxylation is 1. The summed E-state index contributed by atoms with van der Waals surface area (Å²) in [6, 6.07) is 10.4. The van der Waals surface area contributed by atoms with Gasteiger partial charge in [0, 0.05) is 18.7 Å². The molecule has 37 heavy (non-hydrogen) atoms. The molecule has 2 heterocycles. The van der Waals surface area contributed by atoms with Crippen LogP contribution in [0.15, 0.2) is 47.4 Å². The maximum Gasteiger partial charge on any atom is 0.296 e. The van der Waals surface area contributed by atoms with Crippen LogP contribution in [0.2, 0.25) is 0 Å². The topological polar surface area (TPSA) is 139 Å². The average Bonchev–Trinajstić information content (AvgIpc) is 3.10. The van der Waals surface area contributed by atoms with Crippen LogP contribution in [0.1, 0.15) is 64.8 Å². The van der Waals surface area contributed by atoms with Crippen LogP contribution in [-0.4, -0.2) is 56.1 Å². The van der Waals surface area contributed by atoms with E-state index in [0.29, 0.717) is 18.7 Å². The van der Waals surface area contributed by atoms with Crippen LogP contribution in [0.4, 0.5) is 5.69 Å². The van der Waals surface area contributed by atoms with Gasteiger partial charge in [-0.25, -0.2) is 0 Å². The number of hydrogen-bond donors (Lipinski definition) is 2. The SMILES string of the molecule is Cc1ccc(S(=O)(=O)OCCCCCCNc2ccc3c(c2)C(=O)N(C2CCC(=O)NC2=O)C3=O)cc1. The van der Waals surface area contributed by atoms with Crippen molar-refractivity contribution in [1.29, 1.82) is 0 Å². The minimum absolute atomic E-state index is 0.0747. The molecule has 196 valence electrons. The molecule has 2 aromatic rings. The Bertz CT molecular complexity index is 1320. The van der Waals surface area contributed by atoms with Crippen molar-refractivity contribution in [1.82, 2.24) is 10.2 Å². The quantitative estimate of drug-likeness (QED) is 0.258. The van der Waals surface area contributed by atoms with Gasteiger partial charge in [-0.05, 0) is 56.5 Å². The minimum Gasteiger partial charge on any atom is -0.385 e. The molecule has 0 saturated carbocycles. The van der Waals surface area contributed by atoms with E-state index in [1.807, 2.05) is 6.92 Å². The molecular weight excluding hydrogens is 498 g/mol. The number of carbonyl (C=O) groups is 4. The van der Waals surface area contributed by atoms with E-state index in [-0.39, 0.29) is 35.5 Å². The van der Waals surface area contributed by atoms with E-state index in [1.165, 1.54) is 12.1 Å². The molecule has 4 amide bonds. The van der Waals surface area contributed by atoms with Crippen LogP contribution in [-0.2, 0) is 23.9 Å². The molecule has 0 radical (unpaired) electrons. The van der Waals surface area contributed by atoms with E-state index in [1.54, 1.807) is 30.3 Å². The molecule has 2 aliphatic rings. The molecular formula is C26H29N3O7S. The Morgan fingerprint density at radius 1 is 0.946 bits per heavy atom. The molecule has 0 bridgehead atoms. The highest BCUT2D eigenvalue weighted by atomic mass is 32.2. The summed E-state index contributed by atoms with van der Waals surface area (Å²) in [5.41, 5.74) is 2.12. The van der Waals surface area contributed by atoms with Crippen LogP contribution in [0.3, 0.4) is 0 Å². The second kappa shape index (κ2) is 11.2. The van der Waals surface area contributed by atoms with Gasteiger partial charge < -0.3 is 5.32 Å². The van der Waals surface area contributed by atoms with E-state index in [2.05, 4.69) is 10.6 Å². The predicted molar refractivity (Wildman–Crippen MR) is 134 cm³/mol. The Morgan fingerprint density at radius 2 is 1.65 bits per heavy atom. The maximum atomic E-state index is 12.9. The maximum absolute atomic E-state index is 12.9. The van der Waals surface area contributed by atoms with Gasteiger partial charge in [0.15, 0.2) is 0 Å². The first kappa shape index (κ1) is 26.5. The van der Waals surface area contributed by atoms with Gasteiger partial charge in [0.1, 0.15) is 6.04 Å². The third kappa shape index (κ3) is 6.05. The zero-order chi connectivity index (χ0) is 26.6. The number of piperidine rings is 1. The van der Waals surface area contributed by atoms with E-state index in [9.17, 15) is 27.6 Å². The third-order valence-corrected chi connectivity index (χ3v) is 7.71. The smallest absolute Gasteiger partial charge is 0.296 e. The highest BCUT2D eigenvalue weighted by Gasteiger charge is 2.44. The van der Waals surface area contributed by atoms with Crippen LogP contribution >= 0.6 is 0 Å². The van der Waals surface area contributed by atoms with Crippen LogP contribution < -0.4 is 10.6 Å². The summed E-state index contributed by atoms with van der Waals surface area (Å²) in [5, 5.41) is 5.41. The molecule has 0 aromatic heterocycles. The lowest BCUT2D eigenvalue weighted by molar-refractivity contribution is -0.136. The number of amides is 4. The Balaban J connectivity index is 1.19. The molecule has 2 aliphatic heterocycles. The van der Waals surface area contributed by atoms with Gasteiger partial charge in [-0.1, -0.05) is 30.5 Å². The Labute approximate surface area is 215 Å². The lowest BCUT2D eigenvalue weighted by Gasteiger charge is -2.27. The summed E-state index contributed by atoms with van der Waals surface area (Å²) in [6.07, 6.45) is 3.26. The fraction of sp³-hybridized carbons (Fsp3) is 0.385. The third-order valence-electron chi connectivity index (χ3n) is 6.39. The van der Waals surface area contributed by atoms with Gasteiger partial charge in [0.25, 0.3) is 21.9 Å². The number of nitrogens with one attached hydrogen (secondary N) is 2. The van der Waals surface area contributed by atoms with Gasteiger partial charge in [-0.15, -0.1) is 0 Å². The highest BCUT2D eigenvalue weighted by molar-refractivity contribution is 7.86. The number of rotatable bonds is 11. The minimum atomic E-state index is -3.75. The Kier molecular flexibility index (Phi) is 8.03. The molecule has 10 nitrogen and oxygen atoms in total. The van der Waals surface area contributed by atoms with Crippen LogP contribution in [0.25, 0.3) is 0 Å². The van der Waals surface area contributed by atoms with E-state index < -0.39 is 39.8 Å². The molecule has 1 atom stereocenters. The monoisotopic (exact) mass is 527 g/mol. The first-order valence-corrected chi connectivity index (χ1v) is 13.6. The number of carbonyl (C=O) groups excluding carboxylic acids is 4. The normalized spacial score (nSPS) is 17.6. The van der Waals surface area contributed by atoms with E-state index in [4.69, 9.17) is 4.18 Å². The number of benzene rings is 2. The van der Waals surface area contributed by atoms with Crippen molar-refractivity contribution in [3.8, 4) is 0 Å². The van der Waals surface area contributed by atoms with Crippen molar-refractivity contribution in [3.05, 3.63) is 59.2 Å². The Morgan fingerprint density at radius 3 is 2.38 bits per heavy atom. The fourth-order valence-corrected chi connectivity index (χ4v) is 5.28. The first-order valence-electron chi connectivity index (χ1n) is 12.2. The molecule has 11 heteroatoms. The largest absolute Gasteiger partial charge is 0.385 e. The second-order valence-corrected chi connectivity index (χ2v) is 10.8. The van der Waals surface area contributed by atoms with Crippen molar-refractivity contribution in [2.75, 3.05) is 18.5 Å². The zero-order valence-electron chi connectivity index (χ0n) is 20.5. The highest BCUT2D eigenvalue weighted by Crippen LogP contribution is 2.29. The van der Waals surface area contributed by atoms with Crippen LogP contribution in [0, 0.1) is 6.92 Å². The summed E-state index contributed by atoms with van der Waals surface area (Å²) in [5.74, 6) is -2.13. The lowest BCUT2D eigenvalue weighted by atomic mass is 10.0. The molecule has 1 unspecified atom stereocenters. The predicted octanol–water partition coefficient (Wildman–Crippen LogP) is 2.77. The lowest BCUT2D eigenvalue weighted by Crippen LogP contribution is -2.54. The van der Waals surface area contributed by atoms with Gasteiger partial charge in [0.2, 0.25) is 11.8 Å². The molecule has 1 saturated heterocycles. The van der Waals surface area contributed by atoms with Crippen molar-refractivity contribution in [2.45, 2.75) is 56.4 Å². The van der Waals surface area contributed by atoms with Crippen LogP contribution in [0.5, 0.6) is 0 Å². The number of nitrogens with zero attached hydrogens (tertiary/aromatic N) is 1. The van der Waals surface area contributed by atoms with Crippen molar-refractivity contribution in [2.24, 2.45) is 0 Å². The number of imide groups is 2. The molecule has 0 aliphatic carbocycles. The van der Waals surface area contributed by atoms with Crippen molar-refractivity contribution < 1.29 is 31.8 Å². The number of unbranched alkanes of at least 4 members (excludes halogenated alkanes) is 3. The second-order valence-electron chi connectivity index (χ2n) is 9.14. The van der Waals surface area contributed by atoms with Gasteiger partial charge in [-0.3, -0.25) is 33.6 Å². The summed E-state index contributed by atoms with van der Waals surface area (Å²) in [4.78, 5) is 50.3. The fourth-order valence-electron chi connectivity index (χ4n) is 4.34. The van der Waals surface area contributed by atoms with Gasteiger partial charge in [-0.2, -0.15) is 8.42 Å². The number of fused-ring (bicyclic) bond motifs is 1. The molecule has 2 N–H and O–H groups in total. The number of anilines is 1. The summed E-state index contributed by atoms with van der Waals surface area (Å²) in [6.45, 7) is 2.63. The average molecular weight is 528 g/mol. The Hall–Kier alpha value is -3.57. The van der Waals surface area contributed by atoms with Crippen molar-refractivity contribution >= 4 is 39.4 Å².